The van der Waals surface area contributed by atoms with E-state index >= 15 is 0 Å². The lowest BCUT2D eigenvalue weighted by atomic mass is 9.87. The average molecular weight is 321 g/mol. The highest BCUT2D eigenvalue weighted by Gasteiger charge is 2.17. The van der Waals surface area contributed by atoms with E-state index in [-0.39, 0.29) is 17.8 Å². The molecule has 0 unspecified atom stereocenters. The van der Waals surface area contributed by atoms with Crippen molar-refractivity contribution < 1.29 is 8.42 Å². The maximum Gasteiger partial charge on any atom is 0.240 e. The van der Waals surface area contributed by atoms with Crippen molar-refractivity contribution in [3.63, 3.8) is 0 Å². The molecule has 0 aliphatic carbocycles. The fourth-order valence-corrected chi connectivity index (χ4v) is 2.64. The van der Waals surface area contributed by atoms with Gasteiger partial charge in [0.1, 0.15) is 0 Å². The molecule has 6 heteroatoms. The van der Waals surface area contributed by atoms with Gasteiger partial charge in [0.2, 0.25) is 10.0 Å². The largest absolute Gasteiger partial charge is 0.308 e. The van der Waals surface area contributed by atoms with Crippen molar-refractivity contribution in [3.05, 3.63) is 29.8 Å². The molecule has 0 saturated heterocycles. The average Bonchev–Trinajstić information content (AvgIpc) is 2.27. The molecule has 0 spiro atoms. The van der Waals surface area contributed by atoms with Gasteiger partial charge >= 0.3 is 0 Å². The third-order valence-electron chi connectivity index (χ3n) is 2.88. The first kappa shape index (κ1) is 19.4. The molecule has 0 aromatic heterocycles. The first-order valence-electron chi connectivity index (χ1n) is 6.38. The highest BCUT2D eigenvalue weighted by Crippen LogP contribution is 2.23. The molecule has 0 aliphatic rings. The van der Waals surface area contributed by atoms with Crippen LogP contribution in [0.15, 0.2) is 29.2 Å². The molecule has 4 nitrogen and oxygen atoms in total. The normalized spacial score (nSPS) is 12.3. The Morgan fingerprint density at radius 3 is 2.00 bits per heavy atom. The zero-order chi connectivity index (χ0) is 14.7. The Morgan fingerprint density at radius 1 is 1.10 bits per heavy atom. The Bertz CT molecular complexity index is 505. The van der Waals surface area contributed by atoms with E-state index in [4.69, 9.17) is 0 Å². The van der Waals surface area contributed by atoms with Crippen molar-refractivity contribution >= 4 is 22.4 Å². The van der Waals surface area contributed by atoms with Crippen LogP contribution in [0.3, 0.4) is 0 Å². The Kier molecular flexibility index (Phi) is 7.18. The highest BCUT2D eigenvalue weighted by molar-refractivity contribution is 7.89. The first-order valence-corrected chi connectivity index (χ1v) is 7.86. The standard InChI is InChI=1S/C14H24N2O2S.ClH/c1-14(2,3)12-6-8-13(9-7-12)19(17,18)15-10-11-16(4)5;/h6-9,15H,10-11H2,1-5H3;1H. The van der Waals surface area contributed by atoms with Gasteiger partial charge in [0.05, 0.1) is 4.90 Å². The molecular weight excluding hydrogens is 296 g/mol. The monoisotopic (exact) mass is 320 g/mol. The highest BCUT2D eigenvalue weighted by atomic mass is 35.5. The van der Waals surface area contributed by atoms with Crippen molar-refractivity contribution in [2.24, 2.45) is 0 Å². The number of likely N-dealkylation sites (N-methyl/N-ethyl adjacent to an activating group) is 1. The zero-order valence-electron chi connectivity index (χ0n) is 12.8. The summed E-state index contributed by atoms with van der Waals surface area (Å²) >= 11 is 0. The van der Waals surface area contributed by atoms with E-state index in [1.807, 2.05) is 31.1 Å². The lowest BCUT2D eigenvalue weighted by molar-refractivity contribution is 0.412. The van der Waals surface area contributed by atoms with Crippen LogP contribution in [0, 0.1) is 0 Å². The van der Waals surface area contributed by atoms with E-state index in [0.29, 0.717) is 18.0 Å². The van der Waals surface area contributed by atoms with Crippen LogP contribution in [-0.2, 0) is 15.4 Å². The number of rotatable bonds is 5. The number of hydrogen-bond donors (Lipinski definition) is 1. The van der Waals surface area contributed by atoms with Gasteiger partial charge in [0.15, 0.2) is 0 Å². The minimum Gasteiger partial charge on any atom is -0.308 e. The van der Waals surface area contributed by atoms with Gasteiger partial charge in [-0.05, 0) is 37.2 Å². The number of benzene rings is 1. The Balaban J connectivity index is 0.00000361. The van der Waals surface area contributed by atoms with Gasteiger partial charge < -0.3 is 4.90 Å². The SMILES string of the molecule is CN(C)CCNS(=O)(=O)c1ccc(C(C)(C)C)cc1.Cl. The molecule has 0 bridgehead atoms. The second kappa shape index (κ2) is 7.41. The van der Waals surface area contributed by atoms with E-state index in [2.05, 4.69) is 25.5 Å². The summed E-state index contributed by atoms with van der Waals surface area (Å²) in [7, 11) is 0.423. The summed E-state index contributed by atoms with van der Waals surface area (Å²) in [6.45, 7) is 7.40. The topological polar surface area (TPSA) is 49.4 Å². The van der Waals surface area contributed by atoms with Gasteiger partial charge in [-0.15, -0.1) is 12.4 Å². The summed E-state index contributed by atoms with van der Waals surface area (Å²) in [5.41, 5.74) is 1.15. The molecule has 20 heavy (non-hydrogen) atoms. The van der Waals surface area contributed by atoms with Crippen molar-refractivity contribution in [2.45, 2.75) is 31.1 Å². The number of halogens is 1. The first-order chi connectivity index (χ1) is 8.63. The predicted molar refractivity (Wildman–Crippen MR) is 86.1 cm³/mol. The number of sulfonamides is 1. The fraction of sp³-hybridized carbons (Fsp3) is 0.571. The van der Waals surface area contributed by atoms with E-state index in [1.165, 1.54) is 0 Å². The molecular formula is C14H25ClN2O2S. The van der Waals surface area contributed by atoms with Crippen LogP contribution in [0.1, 0.15) is 26.3 Å². The van der Waals surface area contributed by atoms with Crippen LogP contribution >= 0.6 is 12.4 Å². The van der Waals surface area contributed by atoms with Crippen LogP contribution in [0.4, 0.5) is 0 Å². The molecule has 1 rings (SSSR count). The molecule has 0 fully saturated rings. The second-order valence-electron chi connectivity index (χ2n) is 5.98. The van der Waals surface area contributed by atoms with Gasteiger partial charge in [-0.2, -0.15) is 0 Å². The Morgan fingerprint density at radius 2 is 1.60 bits per heavy atom. The van der Waals surface area contributed by atoms with Gasteiger partial charge in [-0.25, -0.2) is 13.1 Å². The maximum atomic E-state index is 12.0. The number of nitrogens with one attached hydrogen (secondary N) is 1. The van der Waals surface area contributed by atoms with E-state index in [0.717, 1.165) is 5.56 Å². The minimum absolute atomic E-state index is 0. The van der Waals surface area contributed by atoms with E-state index in [1.54, 1.807) is 12.1 Å². The molecule has 0 heterocycles. The fourth-order valence-electron chi connectivity index (χ4n) is 1.62. The lowest BCUT2D eigenvalue weighted by Crippen LogP contribution is -2.31. The van der Waals surface area contributed by atoms with Crippen molar-refractivity contribution in [3.8, 4) is 0 Å². The third-order valence-corrected chi connectivity index (χ3v) is 4.36. The summed E-state index contributed by atoms with van der Waals surface area (Å²) in [6, 6.07) is 7.08. The lowest BCUT2D eigenvalue weighted by Gasteiger charge is -2.19. The number of nitrogens with zero attached hydrogens (tertiary/aromatic N) is 1. The van der Waals surface area contributed by atoms with E-state index in [9.17, 15) is 8.42 Å². The molecule has 0 radical (unpaired) electrons. The smallest absolute Gasteiger partial charge is 0.240 e. The van der Waals surface area contributed by atoms with E-state index < -0.39 is 10.0 Å². The molecule has 116 valence electrons. The zero-order valence-corrected chi connectivity index (χ0v) is 14.4. The van der Waals surface area contributed by atoms with Gasteiger partial charge in [0, 0.05) is 13.1 Å². The molecule has 1 N–H and O–H groups in total. The Labute approximate surface area is 129 Å². The van der Waals surface area contributed by atoms with Crippen LogP contribution < -0.4 is 4.72 Å². The summed E-state index contributed by atoms with van der Waals surface area (Å²) in [6.07, 6.45) is 0. The molecule has 0 aliphatic heterocycles. The third kappa shape index (κ3) is 5.79. The second-order valence-corrected chi connectivity index (χ2v) is 7.74. The molecule has 0 atom stereocenters. The predicted octanol–water partition coefficient (Wildman–Crippen LogP) is 2.25. The van der Waals surface area contributed by atoms with Crippen molar-refractivity contribution in [2.75, 3.05) is 27.2 Å². The van der Waals surface area contributed by atoms with Crippen molar-refractivity contribution in [1.29, 1.82) is 0 Å². The quantitative estimate of drug-likeness (QED) is 0.905. The van der Waals surface area contributed by atoms with Gasteiger partial charge in [0.25, 0.3) is 0 Å². The Hall–Kier alpha value is -0.620. The summed E-state index contributed by atoms with van der Waals surface area (Å²) in [5.74, 6) is 0. The summed E-state index contributed by atoms with van der Waals surface area (Å²) in [4.78, 5) is 2.25. The molecule has 0 amide bonds. The molecule has 1 aromatic carbocycles. The summed E-state index contributed by atoms with van der Waals surface area (Å²) < 4.78 is 26.7. The van der Waals surface area contributed by atoms with Crippen LogP contribution in [0.25, 0.3) is 0 Å². The minimum atomic E-state index is -3.39. The van der Waals surface area contributed by atoms with Gasteiger partial charge in [-0.1, -0.05) is 32.9 Å². The maximum absolute atomic E-state index is 12.0. The van der Waals surface area contributed by atoms with Crippen LogP contribution in [0.5, 0.6) is 0 Å². The molecule has 0 saturated carbocycles. The van der Waals surface area contributed by atoms with Crippen LogP contribution in [0.2, 0.25) is 0 Å². The van der Waals surface area contributed by atoms with Gasteiger partial charge in [-0.3, -0.25) is 0 Å². The van der Waals surface area contributed by atoms with Crippen molar-refractivity contribution in [1.82, 2.24) is 9.62 Å². The van der Waals surface area contributed by atoms with Crippen LogP contribution in [-0.4, -0.2) is 40.5 Å². The number of hydrogen-bond acceptors (Lipinski definition) is 3. The molecule has 1 aromatic rings. The summed E-state index contributed by atoms with van der Waals surface area (Å²) in [5, 5.41) is 0.